The molecule has 3 aromatic rings. The van der Waals surface area contributed by atoms with Crippen molar-refractivity contribution in [2.75, 3.05) is 11.4 Å². The summed E-state index contributed by atoms with van der Waals surface area (Å²) in [7, 11) is 0. The summed E-state index contributed by atoms with van der Waals surface area (Å²) in [4.78, 5) is 2.30. The van der Waals surface area contributed by atoms with E-state index >= 15 is 0 Å². The average Bonchev–Trinajstić information content (AvgIpc) is 3.16. The zero-order valence-electron chi connectivity index (χ0n) is 12.0. The van der Waals surface area contributed by atoms with Crippen LogP contribution in [0, 0.1) is 5.82 Å². The van der Waals surface area contributed by atoms with Crippen LogP contribution in [0.1, 0.15) is 11.3 Å². The first-order valence-corrected chi connectivity index (χ1v) is 7.29. The Hall–Kier alpha value is -2.69. The number of para-hydroxylation sites is 1. The van der Waals surface area contributed by atoms with Gasteiger partial charge in [-0.05, 0) is 36.2 Å². The van der Waals surface area contributed by atoms with Crippen LogP contribution in [0.2, 0.25) is 0 Å². The summed E-state index contributed by atoms with van der Waals surface area (Å²) < 4.78 is 14.9. The highest BCUT2D eigenvalue weighted by molar-refractivity contribution is 5.57. The lowest BCUT2D eigenvalue weighted by molar-refractivity contribution is 0.625. The monoisotopic (exact) mass is 294 g/mol. The molecular weight excluding hydrogens is 279 g/mol. The first kappa shape index (κ1) is 13.0. The quantitative estimate of drug-likeness (QED) is 0.745. The van der Waals surface area contributed by atoms with Crippen molar-refractivity contribution in [3.05, 3.63) is 71.8 Å². The Morgan fingerprint density at radius 2 is 2.00 bits per heavy atom. The zero-order chi connectivity index (χ0) is 14.9. The van der Waals surface area contributed by atoms with Crippen molar-refractivity contribution in [2.45, 2.75) is 13.0 Å². The Labute approximate surface area is 127 Å². The lowest BCUT2D eigenvalue weighted by Gasteiger charge is -2.17. The summed E-state index contributed by atoms with van der Waals surface area (Å²) >= 11 is 0. The molecule has 4 rings (SSSR count). The molecule has 0 unspecified atom stereocenters. The average molecular weight is 294 g/mol. The van der Waals surface area contributed by atoms with Crippen LogP contribution in [0.4, 0.5) is 10.1 Å². The lowest BCUT2D eigenvalue weighted by Crippen LogP contribution is -2.19. The zero-order valence-corrected chi connectivity index (χ0v) is 12.0. The van der Waals surface area contributed by atoms with Gasteiger partial charge in [0, 0.05) is 12.2 Å². The minimum atomic E-state index is -0.275. The number of rotatable bonds is 3. The van der Waals surface area contributed by atoms with Crippen molar-refractivity contribution in [1.29, 1.82) is 0 Å². The Bertz CT molecular complexity index is 812. The van der Waals surface area contributed by atoms with Crippen LogP contribution in [0.25, 0.3) is 5.69 Å². The molecule has 1 aliphatic rings. The van der Waals surface area contributed by atoms with E-state index in [9.17, 15) is 4.39 Å². The van der Waals surface area contributed by atoms with Gasteiger partial charge in [0.25, 0.3) is 0 Å². The van der Waals surface area contributed by atoms with Gasteiger partial charge in [0.1, 0.15) is 11.5 Å². The summed E-state index contributed by atoms with van der Waals surface area (Å²) in [5.74, 6) is -0.275. The highest BCUT2D eigenvalue weighted by Gasteiger charge is 2.19. The predicted octanol–water partition coefficient (Wildman–Crippen LogP) is 2.97. The molecule has 0 amide bonds. The van der Waals surface area contributed by atoms with Crippen LogP contribution in [0.5, 0.6) is 0 Å². The van der Waals surface area contributed by atoms with E-state index in [1.807, 2.05) is 12.3 Å². The molecule has 2 heterocycles. The number of benzene rings is 2. The molecule has 0 saturated carbocycles. The second kappa shape index (κ2) is 5.26. The van der Waals surface area contributed by atoms with E-state index in [0.29, 0.717) is 12.2 Å². The number of hydrogen-bond donors (Lipinski definition) is 0. The number of anilines is 1. The van der Waals surface area contributed by atoms with Crippen molar-refractivity contribution in [2.24, 2.45) is 0 Å². The van der Waals surface area contributed by atoms with E-state index < -0.39 is 0 Å². The number of fused-ring (bicyclic) bond motifs is 1. The summed E-state index contributed by atoms with van der Waals surface area (Å²) in [6, 6.07) is 14.8. The van der Waals surface area contributed by atoms with Crippen LogP contribution >= 0.6 is 0 Å². The molecule has 0 N–H and O–H groups in total. The lowest BCUT2D eigenvalue weighted by atomic mass is 10.2. The molecule has 1 aromatic heterocycles. The smallest absolute Gasteiger partial charge is 0.125 e. The van der Waals surface area contributed by atoms with E-state index in [0.717, 1.165) is 18.7 Å². The van der Waals surface area contributed by atoms with Gasteiger partial charge in [0.05, 0.1) is 18.4 Å². The van der Waals surface area contributed by atoms with E-state index in [2.05, 4.69) is 39.5 Å². The van der Waals surface area contributed by atoms with Crippen molar-refractivity contribution in [1.82, 2.24) is 15.0 Å². The predicted molar refractivity (Wildman–Crippen MR) is 82.5 cm³/mol. The molecule has 5 heteroatoms. The van der Waals surface area contributed by atoms with Gasteiger partial charge in [-0.25, -0.2) is 9.07 Å². The van der Waals surface area contributed by atoms with Gasteiger partial charge in [-0.3, -0.25) is 0 Å². The molecule has 0 aliphatic carbocycles. The van der Waals surface area contributed by atoms with Gasteiger partial charge in [-0.1, -0.05) is 29.5 Å². The molecule has 110 valence electrons. The van der Waals surface area contributed by atoms with Crippen molar-refractivity contribution >= 4 is 5.69 Å². The maximum Gasteiger partial charge on any atom is 0.125 e. The highest BCUT2D eigenvalue weighted by atomic mass is 19.1. The normalized spacial score (nSPS) is 13.4. The van der Waals surface area contributed by atoms with Crippen LogP contribution in [-0.2, 0) is 13.0 Å². The maximum absolute atomic E-state index is 13.3. The van der Waals surface area contributed by atoms with Crippen LogP contribution in [0.3, 0.4) is 0 Å². The van der Waals surface area contributed by atoms with Crippen LogP contribution < -0.4 is 4.90 Å². The molecule has 22 heavy (non-hydrogen) atoms. The molecule has 1 aliphatic heterocycles. The second-order valence-electron chi connectivity index (χ2n) is 5.43. The first-order chi connectivity index (χ1) is 10.8. The summed E-state index contributed by atoms with van der Waals surface area (Å²) in [6.45, 7) is 1.71. The standard InChI is InChI=1S/C17H15FN4/c18-14-5-3-6-16(10-14)22-12-15(19-20-22)11-21-9-8-13-4-1-2-7-17(13)21/h1-7,10,12H,8-9,11H2. The highest BCUT2D eigenvalue weighted by Crippen LogP contribution is 2.28. The van der Waals surface area contributed by atoms with Gasteiger partial charge in [-0.2, -0.15) is 0 Å². The number of nitrogens with zero attached hydrogens (tertiary/aromatic N) is 4. The molecule has 4 nitrogen and oxygen atoms in total. The number of halogens is 1. The van der Waals surface area contributed by atoms with Gasteiger partial charge in [0.15, 0.2) is 0 Å². The van der Waals surface area contributed by atoms with Crippen molar-refractivity contribution < 1.29 is 4.39 Å². The van der Waals surface area contributed by atoms with E-state index in [1.165, 1.54) is 23.4 Å². The molecule has 2 aromatic carbocycles. The van der Waals surface area contributed by atoms with Gasteiger partial charge >= 0.3 is 0 Å². The summed E-state index contributed by atoms with van der Waals surface area (Å²) in [5.41, 5.74) is 4.20. The van der Waals surface area contributed by atoms with Crippen molar-refractivity contribution in [3.63, 3.8) is 0 Å². The molecule has 0 atom stereocenters. The van der Waals surface area contributed by atoms with Gasteiger partial charge in [0.2, 0.25) is 0 Å². The SMILES string of the molecule is Fc1cccc(-n2cc(CN3CCc4ccccc43)nn2)c1. The summed E-state index contributed by atoms with van der Waals surface area (Å²) in [5, 5.41) is 8.31. The third-order valence-electron chi connectivity index (χ3n) is 3.95. The fraction of sp³-hybridized carbons (Fsp3) is 0.176. The Morgan fingerprint density at radius 3 is 2.91 bits per heavy atom. The molecule has 0 bridgehead atoms. The van der Waals surface area contributed by atoms with E-state index in [4.69, 9.17) is 0 Å². The van der Waals surface area contributed by atoms with Gasteiger partial charge in [-0.15, -0.1) is 5.10 Å². The van der Waals surface area contributed by atoms with Crippen LogP contribution in [-0.4, -0.2) is 21.5 Å². The number of aromatic nitrogens is 3. The molecule has 0 spiro atoms. The molecule has 0 radical (unpaired) electrons. The van der Waals surface area contributed by atoms with E-state index in [-0.39, 0.29) is 5.82 Å². The second-order valence-corrected chi connectivity index (χ2v) is 5.43. The number of hydrogen-bond acceptors (Lipinski definition) is 3. The Kier molecular flexibility index (Phi) is 3.11. The minimum Gasteiger partial charge on any atom is -0.365 e. The molecule has 0 fully saturated rings. The summed E-state index contributed by atoms with van der Waals surface area (Å²) in [6.07, 6.45) is 2.92. The van der Waals surface area contributed by atoms with Crippen LogP contribution in [0.15, 0.2) is 54.7 Å². The third kappa shape index (κ3) is 2.35. The Balaban J connectivity index is 1.56. The third-order valence-corrected chi connectivity index (χ3v) is 3.95. The van der Waals surface area contributed by atoms with Gasteiger partial charge < -0.3 is 4.90 Å². The fourth-order valence-electron chi connectivity index (χ4n) is 2.88. The molecular formula is C17H15FN4. The first-order valence-electron chi connectivity index (χ1n) is 7.29. The Morgan fingerprint density at radius 1 is 1.09 bits per heavy atom. The topological polar surface area (TPSA) is 34.0 Å². The maximum atomic E-state index is 13.3. The largest absolute Gasteiger partial charge is 0.365 e. The fourth-order valence-corrected chi connectivity index (χ4v) is 2.88. The molecule has 0 saturated heterocycles. The van der Waals surface area contributed by atoms with Crippen molar-refractivity contribution in [3.8, 4) is 5.69 Å². The van der Waals surface area contributed by atoms with E-state index in [1.54, 1.807) is 10.7 Å². The minimum absolute atomic E-state index is 0.275.